The van der Waals surface area contributed by atoms with E-state index in [2.05, 4.69) is 26.5 Å². The minimum absolute atomic E-state index is 0.115. The molecule has 3 aromatic rings. The number of nitrogens with zero attached hydrogens (tertiary/aromatic N) is 2. The number of nitrogens with one attached hydrogen (secondary N) is 1. The lowest BCUT2D eigenvalue weighted by molar-refractivity contribution is -0.384. The number of non-ortho nitro benzene ring substituents is 1. The molecule has 31 heavy (non-hydrogen) atoms. The average molecular weight is 482 g/mol. The SMILES string of the molecule is O=C(Cc1ccccc1)Oc1ccc(Br)cc1/C=N\NC(=O)c1ccc([N+](=O)[O-])cc1. The molecular formula is C22H16BrN3O5. The number of halogens is 1. The summed E-state index contributed by atoms with van der Waals surface area (Å²) in [6.45, 7) is 0. The molecule has 0 aliphatic carbocycles. The number of nitro groups is 1. The highest BCUT2D eigenvalue weighted by molar-refractivity contribution is 9.10. The largest absolute Gasteiger partial charge is 0.426 e. The maximum atomic E-state index is 12.3. The minimum atomic E-state index is -0.548. The zero-order valence-electron chi connectivity index (χ0n) is 16.0. The van der Waals surface area contributed by atoms with Gasteiger partial charge < -0.3 is 4.74 Å². The summed E-state index contributed by atoms with van der Waals surface area (Å²) in [4.78, 5) is 34.6. The lowest BCUT2D eigenvalue weighted by Crippen LogP contribution is -2.17. The first-order valence-electron chi connectivity index (χ1n) is 9.04. The fourth-order valence-electron chi connectivity index (χ4n) is 2.59. The van der Waals surface area contributed by atoms with Crippen LogP contribution in [-0.4, -0.2) is 23.0 Å². The third kappa shape index (κ3) is 6.31. The normalized spacial score (nSPS) is 10.6. The van der Waals surface area contributed by atoms with Gasteiger partial charge in [-0.1, -0.05) is 46.3 Å². The Hall–Kier alpha value is -3.85. The van der Waals surface area contributed by atoms with Crippen LogP contribution in [0.1, 0.15) is 21.5 Å². The number of esters is 1. The highest BCUT2D eigenvalue weighted by Gasteiger charge is 2.11. The first-order chi connectivity index (χ1) is 14.9. The Balaban J connectivity index is 1.67. The van der Waals surface area contributed by atoms with Crippen molar-refractivity contribution in [2.45, 2.75) is 6.42 Å². The summed E-state index contributed by atoms with van der Waals surface area (Å²) in [6.07, 6.45) is 1.46. The van der Waals surface area contributed by atoms with Crippen LogP contribution in [0.15, 0.2) is 82.4 Å². The maximum Gasteiger partial charge on any atom is 0.315 e. The van der Waals surface area contributed by atoms with Crippen LogP contribution in [0.4, 0.5) is 5.69 Å². The standard InChI is InChI=1S/C22H16BrN3O5/c23-18-8-11-20(31-21(27)12-15-4-2-1-3-5-15)17(13-18)14-24-25-22(28)16-6-9-19(10-7-16)26(29)30/h1-11,13-14H,12H2,(H,25,28)/b24-14-. The number of nitro benzene ring substituents is 1. The quantitative estimate of drug-likeness (QED) is 0.178. The van der Waals surface area contributed by atoms with Crippen LogP contribution in [0, 0.1) is 10.1 Å². The Morgan fingerprint density at radius 1 is 1.06 bits per heavy atom. The van der Waals surface area contributed by atoms with Gasteiger partial charge in [0.25, 0.3) is 11.6 Å². The molecule has 0 unspecified atom stereocenters. The van der Waals surface area contributed by atoms with E-state index >= 15 is 0 Å². The lowest BCUT2D eigenvalue weighted by Gasteiger charge is -2.08. The number of carbonyl (C=O) groups is 2. The molecule has 0 aliphatic heterocycles. The van der Waals surface area contributed by atoms with Crippen molar-refractivity contribution in [3.8, 4) is 5.75 Å². The number of hydrogen-bond donors (Lipinski definition) is 1. The van der Waals surface area contributed by atoms with Gasteiger partial charge in [-0.05, 0) is 35.9 Å². The lowest BCUT2D eigenvalue weighted by atomic mass is 10.1. The van der Waals surface area contributed by atoms with Crippen molar-refractivity contribution in [3.05, 3.63) is 104 Å². The van der Waals surface area contributed by atoms with Gasteiger partial charge in [-0.3, -0.25) is 19.7 Å². The molecule has 1 N–H and O–H groups in total. The van der Waals surface area contributed by atoms with E-state index in [1.807, 2.05) is 30.3 Å². The summed E-state index contributed by atoms with van der Waals surface area (Å²) in [7, 11) is 0. The third-order valence-electron chi connectivity index (χ3n) is 4.10. The van der Waals surface area contributed by atoms with Crippen LogP contribution >= 0.6 is 15.9 Å². The monoisotopic (exact) mass is 481 g/mol. The Morgan fingerprint density at radius 3 is 2.45 bits per heavy atom. The molecule has 0 heterocycles. The molecular weight excluding hydrogens is 466 g/mol. The van der Waals surface area contributed by atoms with Crippen molar-refractivity contribution < 1.29 is 19.2 Å². The van der Waals surface area contributed by atoms with Crippen LogP contribution in [0.3, 0.4) is 0 Å². The number of hydrogen-bond acceptors (Lipinski definition) is 6. The predicted molar refractivity (Wildman–Crippen MR) is 118 cm³/mol. The van der Waals surface area contributed by atoms with Crippen molar-refractivity contribution in [2.24, 2.45) is 5.10 Å². The van der Waals surface area contributed by atoms with Crippen molar-refractivity contribution in [1.29, 1.82) is 0 Å². The molecule has 0 aliphatic rings. The van der Waals surface area contributed by atoms with E-state index in [4.69, 9.17) is 4.74 Å². The molecule has 0 bridgehead atoms. The summed E-state index contributed by atoms with van der Waals surface area (Å²) in [5.41, 5.74) is 3.74. The number of amides is 1. The van der Waals surface area contributed by atoms with Gasteiger partial charge in [-0.2, -0.15) is 5.10 Å². The van der Waals surface area contributed by atoms with Crippen molar-refractivity contribution in [3.63, 3.8) is 0 Å². The molecule has 0 radical (unpaired) electrons. The van der Waals surface area contributed by atoms with Crippen molar-refractivity contribution in [2.75, 3.05) is 0 Å². The van der Waals surface area contributed by atoms with Gasteiger partial charge in [0.2, 0.25) is 0 Å². The van der Waals surface area contributed by atoms with Gasteiger partial charge in [-0.25, -0.2) is 5.43 Å². The summed E-state index contributed by atoms with van der Waals surface area (Å²) < 4.78 is 6.19. The van der Waals surface area contributed by atoms with Crippen molar-refractivity contribution in [1.82, 2.24) is 5.43 Å². The van der Waals surface area contributed by atoms with E-state index in [1.54, 1.807) is 18.2 Å². The first-order valence-corrected chi connectivity index (χ1v) is 9.83. The molecule has 3 aromatic carbocycles. The Kier molecular flexibility index (Phi) is 7.23. The van der Waals surface area contributed by atoms with E-state index in [-0.39, 0.29) is 23.4 Å². The Morgan fingerprint density at radius 2 is 1.77 bits per heavy atom. The molecule has 3 rings (SSSR count). The molecule has 0 spiro atoms. The average Bonchev–Trinajstić information content (AvgIpc) is 2.76. The second-order valence-corrected chi connectivity index (χ2v) is 7.24. The number of rotatable bonds is 7. The molecule has 0 saturated heterocycles. The van der Waals surface area contributed by atoms with E-state index in [0.717, 1.165) is 10.0 Å². The molecule has 8 nitrogen and oxygen atoms in total. The predicted octanol–water partition coefficient (Wildman–Crippen LogP) is 4.27. The minimum Gasteiger partial charge on any atom is -0.426 e. The maximum absolute atomic E-state index is 12.3. The van der Waals surface area contributed by atoms with Crippen LogP contribution in [0.2, 0.25) is 0 Å². The fourth-order valence-corrected chi connectivity index (χ4v) is 2.97. The second kappa shape index (κ2) is 10.3. The zero-order valence-corrected chi connectivity index (χ0v) is 17.6. The van der Waals surface area contributed by atoms with Gasteiger partial charge in [-0.15, -0.1) is 0 Å². The van der Waals surface area contributed by atoms with Gasteiger partial charge in [0, 0.05) is 27.7 Å². The number of benzene rings is 3. The molecule has 1 amide bonds. The van der Waals surface area contributed by atoms with Gasteiger partial charge in [0.15, 0.2) is 0 Å². The molecule has 156 valence electrons. The third-order valence-corrected chi connectivity index (χ3v) is 4.59. The Labute approximate surface area is 185 Å². The van der Waals surface area contributed by atoms with E-state index in [9.17, 15) is 19.7 Å². The molecule has 0 aromatic heterocycles. The molecule has 9 heteroatoms. The topological polar surface area (TPSA) is 111 Å². The Bertz CT molecular complexity index is 1130. The second-order valence-electron chi connectivity index (χ2n) is 6.32. The molecule has 0 saturated carbocycles. The number of hydrazone groups is 1. The highest BCUT2D eigenvalue weighted by atomic mass is 79.9. The fraction of sp³-hybridized carbons (Fsp3) is 0.0455. The van der Waals surface area contributed by atoms with Gasteiger partial charge >= 0.3 is 5.97 Å². The smallest absolute Gasteiger partial charge is 0.315 e. The molecule has 0 atom stereocenters. The summed E-state index contributed by atoms with van der Waals surface area (Å²) in [5.74, 6) is -0.681. The van der Waals surface area contributed by atoms with Gasteiger partial charge in [0.05, 0.1) is 17.6 Å². The van der Waals surface area contributed by atoms with Crippen LogP contribution in [-0.2, 0) is 11.2 Å². The van der Waals surface area contributed by atoms with Crippen LogP contribution < -0.4 is 10.2 Å². The van der Waals surface area contributed by atoms with E-state index in [0.29, 0.717) is 5.56 Å². The first kappa shape index (κ1) is 21.8. The van der Waals surface area contributed by atoms with Crippen molar-refractivity contribution >= 4 is 39.7 Å². The van der Waals surface area contributed by atoms with Crippen LogP contribution in [0.25, 0.3) is 0 Å². The van der Waals surface area contributed by atoms with E-state index < -0.39 is 16.8 Å². The highest BCUT2D eigenvalue weighted by Crippen LogP contribution is 2.22. The van der Waals surface area contributed by atoms with Gasteiger partial charge in [0.1, 0.15) is 5.75 Å². The van der Waals surface area contributed by atoms with Crippen LogP contribution in [0.5, 0.6) is 5.75 Å². The zero-order chi connectivity index (χ0) is 22.2. The number of carbonyl (C=O) groups excluding carboxylic acids is 2. The summed E-state index contributed by atoms with van der Waals surface area (Å²) >= 11 is 3.35. The van der Waals surface area contributed by atoms with E-state index in [1.165, 1.54) is 30.5 Å². The summed E-state index contributed by atoms with van der Waals surface area (Å²) in [5, 5.41) is 14.6. The summed E-state index contributed by atoms with van der Waals surface area (Å²) in [6, 6.07) is 19.4. The number of ether oxygens (including phenoxy) is 1. The molecule has 0 fully saturated rings.